The molecule has 1 aromatic rings. The lowest BCUT2D eigenvalue weighted by Crippen LogP contribution is -2.39. The number of aryl methyl sites for hydroxylation is 3. The molecule has 1 aromatic heterocycles. The van der Waals surface area contributed by atoms with Gasteiger partial charge in [0.25, 0.3) is 0 Å². The molecule has 1 amide bonds. The van der Waals surface area contributed by atoms with Crippen molar-refractivity contribution in [1.82, 2.24) is 25.3 Å². The molecule has 0 aromatic carbocycles. The van der Waals surface area contributed by atoms with E-state index < -0.39 is 0 Å². The van der Waals surface area contributed by atoms with Crippen LogP contribution in [-0.4, -0.2) is 59.9 Å². The largest absolute Gasteiger partial charge is 0.355 e. The molecule has 2 rings (SSSR count). The van der Waals surface area contributed by atoms with E-state index in [1.807, 2.05) is 11.6 Å². The monoisotopic (exact) mass is 293 g/mol. The summed E-state index contributed by atoms with van der Waals surface area (Å²) in [6.45, 7) is 10.1. The molecule has 6 nitrogen and oxygen atoms in total. The number of hydrogen-bond donors (Lipinski definition) is 2. The van der Waals surface area contributed by atoms with Crippen LogP contribution in [0.1, 0.15) is 24.2 Å². The second-order valence-electron chi connectivity index (χ2n) is 5.73. The van der Waals surface area contributed by atoms with Crippen LogP contribution in [0, 0.1) is 13.8 Å². The van der Waals surface area contributed by atoms with Gasteiger partial charge in [-0.2, -0.15) is 5.10 Å². The van der Waals surface area contributed by atoms with Crippen LogP contribution in [0.3, 0.4) is 0 Å². The average Bonchev–Trinajstić information content (AvgIpc) is 2.65. The Morgan fingerprint density at radius 3 is 3.00 bits per heavy atom. The van der Waals surface area contributed by atoms with Gasteiger partial charge in [0.2, 0.25) is 5.91 Å². The van der Waals surface area contributed by atoms with Crippen molar-refractivity contribution in [2.24, 2.45) is 0 Å². The highest BCUT2D eigenvalue weighted by Crippen LogP contribution is 2.02. The van der Waals surface area contributed by atoms with E-state index >= 15 is 0 Å². The van der Waals surface area contributed by atoms with E-state index in [0.717, 1.165) is 51.3 Å². The summed E-state index contributed by atoms with van der Waals surface area (Å²) in [7, 11) is 0. The minimum absolute atomic E-state index is 0.130. The Balaban J connectivity index is 1.61. The standard InChI is InChI=1S/C15H27N5O/c1-13-11-14(2)20(18-13)9-4-6-17-15(21)12-19-8-3-5-16-7-10-19/h11,16H,3-10,12H2,1-2H3,(H,17,21). The van der Waals surface area contributed by atoms with Crippen molar-refractivity contribution in [1.29, 1.82) is 0 Å². The summed E-state index contributed by atoms with van der Waals surface area (Å²) in [5.41, 5.74) is 2.22. The molecular weight excluding hydrogens is 266 g/mol. The molecular formula is C15H27N5O. The maximum atomic E-state index is 11.9. The summed E-state index contributed by atoms with van der Waals surface area (Å²) in [4.78, 5) is 14.1. The minimum Gasteiger partial charge on any atom is -0.355 e. The van der Waals surface area contributed by atoms with Gasteiger partial charge in [0.1, 0.15) is 0 Å². The number of nitrogens with one attached hydrogen (secondary N) is 2. The van der Waals surface area contributed by atoms with Crippen LogP contribution in [0.5, 0.6) is 0 Å². The van der Waals surface area contributed by atoms with Crippen LogP contribution in [0.25, 0.3) is 0 Å². The summed E-state index contributed by atoms with van der Waals surface area (Å²) < 4.78 is 2.00. The van der Waals surface area contributed by atoms with Gasteiger partial charge in [0, 0.05) is 31.9 Å². The molecule has 6 heteroatoms. The highest BCUT2D eigenvalue weighted by Gasteiger charge is 2.12. The molecule has 0 atom stereocenters. The van der Waals surface area contributed by atoms with E-state index in [2.05, 4.69) is 33.6 Å². The molecule has 1 aliphatic heterocycles. The fourth-order valence-corrected chi connectivity index (χ4v) is 2.68. The van der Waals surface area contributed by atoms with Gasteiger partial charge in [-0.25, -0.2) is 0 Å². The minimum atomic E-state index is 0.130. The first-order chi connectivity index (χ1) is 10.1. The first kappa shape index (κ1) is 16.0. The number of rotatable bonds is 6. The van der Waals surface area contributed by atoms with Gasteiger partial charge >= 0.3 is 0 Å². The number of amides is 1. The molecule has 0 saturated carbocycles. The maximum Gasteiger partial charge on any atom is 0.234 e. The van der Waals surface area contributed by atoms with Gasteiger partial charge in [-0.05, 0) is 45.8 Å². The molecule has 1 fully saturated rings. The Labute approximate surface area is 126 Å². The van der Waals surface area contributed by atoms with Gasteiger partial charge in [-0.1, -0.05) is 0 Å². The van der Waals surface area contributed by atoms with Gasteiger partial charge in [0.15, 0.2) is 0 Å². The van der Waals surface area contributed by atoms with Crippen molar-refractivity contribution in [3.63, 3.8) is 0 Å². The SMILES string of the molecule is Cc1cc(C)n(CCCNC(=O)CN2CCCNCC2)n1. The van der Waals surface area contributed by atoms with Crippen molar-refractivity contribution >= 4 is 5.91 Å². The lowest BCUT2D eigenvalue weighted by molar-refractivity contribution is -0.122. The van der Waals surface area contributed by atoms with Crippen molar-refractivity contribution < 1.29 is 4.79 Å². The van der Waals surface area contributed by atoms with Gasteiger partial charge in [-0.3, -0.25) is 14.4 Å². The Bertz CT molecular complexity index is 449. The normalized spacial score (nSPS) is 16.7. The second-order valence-corrected chi connectivity index (χ2v) is 5.73. The van der Waals surface area contributed by atoms with Crippen molar-refractivity contribution in [2.75, 3.05) is 39.3 Å². The van der Waals surface area contributed by atoms with Gasteiger partial charge in [-0.15, -0.1) is 0 Å². The molecule has 2 N–H and O–H groups in total. The van der Waals surface area contributed by atoms with E-state index in [4.69, 9.17) is 0 Å². The van der Waals surface area contributed by atoms with Crippen LogP contribution >= 0.6 is 0 Å². The van der Waals surface area contributed by atoms with Gasteiger partial charge < -0.3 is 10.6 Å². The number of aromatic nitrogens is 2. The third-order valence-corrected chi connectivity index (χ3v) is 3.77. The second kappa shape index (κ2) is 8.14. The van der Waals surface area contributed by atoms with E-state index in [1.165, 1.54) is 5.69 Å². The molecule has 21 heavy (non-hydrogen) atoms. The summed E-state index contributed by atoms with van der Waals surface area (Å²) in [5.74, 6) is 0.130. The number of nitrogens with zero attached hydrogens (tertiary/aromatic N) is 3. The lowest BCUT2D eigenvalue weighted by Gasteiger charge is -2.18. The summed E-state index contributed by atoms with van der Waals surface area (Å²) >= 11 is 0. The predicted molar refractivity (Wildman–Crippen MR) is 83.3 cm³/mol. The number of carbonyl (C=O) groups is 1. The van der Waals surface area contributed by atoms with E-state index in [0.29, 0.717) is 13.1 Å². The van der Waals surface area contributed by atoms with E-state index in [-0.39, 0.29) is 5.91 Å². The average molecular weight is 293 g/mol. The molecule has 0 radical (unpaired) electrons. The summed E-state index contributed by atoms with van der Waals surface area (Å²) in [5, 5.41) is 10.8. The predicted octanol–water partition coefficient (Wildman–Crippen LogP) is 0.302. The number of carbonyl (C=O) groups excluding carboxylic acids is 1. The highest BCUT2D eigenvalue weighted by molar-refractivity contribution is 5.77. The summed E-state index contributed by atoms with van der Waals surface area (Å²) in [6, 6.07) is 2.08. The first-order valence-corrected chi connectivity index (χ1v) is 7.86. The molecule has 1 saturated heterocycles. The Morgan fingerprint density at radius 2 is 2.24 bits per heavy atom. The van der Waals surface area contributed by atoms with Crippen molar-refractivity contribution in [3.8, 4) is 0 Å². The van der Waals surface area contributed by atoms with Crippen LogP contribution in [0.4, 0.5) is 0 Å². The van der Waals surface area contributed by atoms with Crippen molar-refractivity contribution in [3.05, 3.63) is 17.5 Å². The number of hydrogen-bond acceptors (Lipinski definition) is 4. The third kappa shape index (κ3) is 5.47. The molecule has 2 heterocycles. The molecule has 0 bridgehead atoms. The maximum absolute atomic E-state index is 11.9. The fourth-order valence-electron chi connectivity index (χ4n) is 2.68. The fraction of sp³-hybridized carbons (Fsp3) is 0.733. The molecule has 0 unspecified atom stereocenters. The van der Waals surface area contributed by atoms with E-state index in [1.54, 1.807) is 0 Å². The molecule has 118 valence electrons. The van der Waals surface area contributed by atoms with E-state index in [9.17, 15) is 4.79 Å². The molecule has 0 spiro atoms. The lowest BCUT2D eigenvalue weighted by atomic mass is 10.3. The molecule has 1 aliphatic rings. The quantitative estimate of drug-likeness (QED) is 0.741. The Morgan fingerprint density at radius 1 is 1.38 bits per heavy atom. The Kier molecular flexibility index (Phi) is 6.20. The van der Waals surface area contributed by atoms with Crippen LogP contribution in [-0.2, 0) is 11.3 Å². The van der Waals surface area contributed by atoms with Crippen molar-refractivity contribution in [2.45, 2.75) is 33.2 Å². The zero-order valence-electron chi connectivity index (χ0n) is 13.2. The van der Waals surface area contributed by atoms with Crippen LogP contribution < -0.4 is 10.6 Å². The van der Waals surface area contributed by atoms with Gasteiger partial charge in [0.05, 0.1) is 12.2 Å². The first-order valence-electron chi connectivity index (χ1n) is 7.86. The topological polar surface area (TPSA) is 62.2 Å². The summed E-state index contributed by atoms with van der Waals surface area (Å²) in [6.07, 6.45) is 2.03. The third-order valence-electron chi connectivity index (χ3n) is 3.77. The highest BCUT2D eigenvalue weighted by atomic mass is 16.2. The zero-order valence-corrected chi connectivity index (χ0v) is 13.2. The smallest absolute Gasteiger partial charge is 0.234 e. The zero-order chi connectivity index (χ0) is 15.1. The molecule has 0 aliphatic carbocycles. The van der Waals surface area contributed by atoms with Crippen LogP contribution in [0.15, 0.2) is 6.07 Å². The Hall–Kier alpha value is -1.40. The van der Waals surface area contributed by atoms with Crippen LogP contribution in [0.2, 0.25) is 0 Å².